The average Bonchev–Trinajstić information content (AvgIpc) is 2.87. The Bertz CT molecular complexity index is 1180. The number of methoxy groups -OCH3 is 4. The van der Waals surface area contributed by atoms with Gasteiger partial charge in [0.05, 0.1) is 33.5 Å². The second kappa shape index (κ2) is 11.8. The van der Waals surface area contributed by atoms with E-state index in [-0.39, 0.29) is 5.78 Å². The van der Waals surface area contributed by atoms with Crippen LogP contribution < -0.4 is 24.3 Å². The van der Waals surface area contributed by atoms with Crippen LogP contribution in [0.25, 0.3) is 12.2 Å². The smallest absolute Gasteiger partial charge is 0.203 e. The maximum absolute atomic E-state index is 12.3. The first-order valence-electron chi connectivity index (χ1n) is 10.4. The summed E-state index contributed by atoms with van der Waals surface area (Å²) in [6.45, 7) is 0. The minimum absolute atomic E-state index is 0.165. The summed E-state index contributed by atoms with van der Waals surface area (Å²) in [5.41, 5.74) is 3.25. The Kier molecular flexibility index (Phi) is 8.60. The molecule has 3 aromatic rings. The molecule has 0 aromatic heterocycles. The number of ketones is 1. The van der Waals surface area contributed by atoms with Crippen molar-refractivity contribution in [3.05, 3.63) is 88.6 Å². The molecule has 7 heteroatoms. The first kappa shape index (κ1) is 24.7. The highest BCUT2D eigenvalue weighted by molar-refractivity contribution is 6.32. The standard InChI is InChI=1S/C27H26ClNO5/c1-31-24-12-9-20(17-22(24)28)23(30)13-14-29-21-10-7-18(8-11-21)5-6-19-15-25(32-2)27(34-4)26(16-19)33-3/h5-17,29H,1-4H3. The molecule has 0 saturated carbocycles. The van der Waals surface area contributed by atoms with Gasteiger partial charge in [0.15, 0.2) is 17.3 Å². The van der Waals surface area contributed by atoms with Crippen LogP contribution >= 0.6 is 11.6 Å². The van der Waals surface area contributed by atoms with Crippen LogP contribution in [0.1, 0.15) is 21.5 Å². The van der Waals surface area contributed by atoms with Crippen molar-refractivity contribution >= 4 is 35.2 Å². The molecule has 0 aliphatic carbocycles. The fourth-order valence-electron chi connectivity index (χ4n) is 3.21. The van der Waals surface area contributed by atoms with Crippen molar-refractivity contribution in [1.29, 1.82) is 0 Å². The summed E-state index contributed by atoms with van der Waals surface area (Å²) < 4.78 is 21.3. The maximum atomic E-state index is 12.3. The second-order valence-corrected chi connectivity index (χ2v) is 7.51. The van der Waals surface area contributed by atoms with E-state index in [0.717, 1.165) is 16.8 Å². The molecule has 1 N–H and O–H groups in total. The van der Waals surface area contributed by atoms with Crippen molar-refractivity contribution in [3.8, 4) is 23.0 Å². The van der Waals surface area contributed by atoms with Gasteiger partial charge in [0.1, 0.15) is 5.75 Å². The second-order valence-electron chi connectivity index (χ2n) is 7.11. The van der Waals surface area contributed by atoms with Gasteiger partial charge < -0.3 is 24.3 Å². The van der Waals surface area contributed by atoms with E-state index in [2.05, 4.69) is 5.32 Å². The van der Waals surface area contributed by atoms with E-state index < -0.39 is 0 Å². The molecule has 0 bridgehead atoms. The number of allylic oxidation sites excluding steroid dienone is 1. The summed E-state index contributed by atoms with van der Waals surface area (Å²) >= 11 is 6.09. The lowest BCUT2D eigenvalue weighted by Gasteiger charge is -2.12. The minimum atomic E-state index is -0.165. The van der Waals surface area contributed by atoms with Crippen LogP contribution in [0.3, 0.4) is 0 Å². The molecule has 34 heavy (non-hydrogen) atoms. The van der Waals surface area contributed by atoms with Crippen molar-refractivity contribution in [2.45, 2.75) is 0 Å². The van der Waals surface area contributed by atoms with Crippen molar-refractivity contribution < 1.29 is 23.7 Å². The first-order chi connectivity index (χ1) is 16.5. The topological polar surface area (TPSA) is 66.0 Å². The van der Waals surface area contributed by atoms with Crippen LogP contribution in [0.15, 0.2) is 66.9 Å². The van der Waals surface area contributed by atoms with Gasteiger partial charge in [-0.25, -0.2) is 0 Å². The van der Waals surface area contributed by atoms with E-state index in [1.165, 1.54) is 13.2 Å². The van der Waals surface area contributed by atoms with Crippen LogP contribution in [-0.4, -0.2) is 34.2 Å². The van der Waals surface area contributed by atoms with Gasteiger partial charge in [-0.3, -0.25) is 4.79 Å². The zero-order valence-electron chi connectivity index (χ0n) is 19.4. The number of hydrogen-bond donors (Lipinski definition) is 1. The molecule has 0 aliphatic heterocycles. The number of ether oxygens (including phenoxy) is 4. The molecule has 3 aromatic carbocycles. The molecule has 176 valence electrons. The average molecular weight is 480 g/mol. The SMILES string of the molecule is COc1ccc(C(=O)C=CNc2ccc(C=Cc3cc(OC)c(OC)c(OC)c3)cc2)cc1Cl. The van der Waals surface area contributed by atoms with Crippen LogP contribution in [0.5, 0.6) is 23.0 Å². The number of benzene rings is 3. The lowest BCUT2D eigenvalue weighted by atomic mass is 10.1. The van der Waals surface area contributed by atoms with Crippen molar-refractivity contribution in [1.82, 2.24) is 0 Å². The van der Waals surface area contributed by atoms with Gasteiger partial charge >= 0.3 is 0 Å². The predicted molar refractivity (Wildman–Crippen MR) is 137 cm³/mol. The lowest BCUT2D eigenvalue weighted by Crippen LogP contribution is -1.97. The van der Waals surface area contributed by atoms with Crippen molar-refractivity contribution in [2.24, 2.45) is 0 Å². The summed E-state index contributed by atoms with van der Waals surface area (Å²) in [6, 6.07) is 16.5. The normalized spacial score (nSPS) is 11.0. The number of nitrogens with one attached hydrogen (secondary N) is 1. The van der Waals surface area contributed by atoms with Gasteiger partial charge in [0.25, 0.3) is 0 Å². The van der Waals surface area contributed by atoms with E-state index in [1.807, 2.05) is 48.6 Å². The van der Waals surface area contributed by atoms with Crippen LogP contribution in [0, 0.1) is 0 Å². The molecule has 0 radical (unpaired) electrons. The highest BCUT2D eigenvalue weighted by Gasteiger charge is 2.12. The fraction of sp³-hybridized carbons (Fsp3) is 0.148. The van der Waals surface area contributed by atoms with Gasteiger partial charge in [-0.1, -0.05) is 35.9 Å². The third kappa shape index (κ3) is 6.11. The summed E-state index contributed by atoms with van der Waals surface area (Å²) in [5.74, 6) is 2.11. The van der Waals surface area contributed by atoms with Crippen LogP contribution in [0.4, 0.5) is 5.69 Å². The zero-order chi connectivity index (χ0) is 24.5. The Morgan fingerprint density at radius 3 is 1.94 bits per heavy atom. The molecule has 0 fully saturated rings. The number of halogens is 1. The predicted octanol–water partition coefficient (Wildman–Crippen LogP) is 6.35. The first-order valence-corrected chi connectivity index (χ1v) is 10.8. The van der Waals surface area contributed by atoms with E-state index >= 15 is 0 Å². The third-order valence-electron chi connectivity index (χ3n) is 4.99. The maximum Gasteiger partial charge on any atom is 0.203 e. The Labute approximate surface area is 204 Å². The van der Waals surface area contributed by atoms with Crippen LogP contribution in [0.2, 0.25) is 5.02 Å². The monoisotopic (exact) mass is 479 g/mol. The Balaban J connectivity index is 1.63. The third-order valence-corrected chi connectivity index (χ3v) is 5.28. The largest absolute Gasteiger partial charge is 0.495 e. The van der Waals surface area contributed by atoms with Crippen molar-refractivity contribution in [3.63, 3.8) is 0 Å². The quantitative estimate of drug-likeness (QED) is 0.207. The lowest BCUT2D eigenvalue weighted by molar-refractivity contribution is 0.104. The van der Waals surface area contributed by atoms with Gasteiger partial charge in [0.2, 0.25) is 5.75 Å². The zero-order valence-corrected chi connectivity index (χ0v) is 20.2. The van der Waals surface area contributed by atoms with Gasteiger partial charge in [-0.2, -0.15) is 0 Å². The molecule has 0 aliphatic rings. The molecule has 0 heterocycles. The number of hydrogen-bond acceptors (Lipinski definition) is 6. The van der Waals surface area contributed by atoms with Crippen LogP contribution in [-0.2, 0) is 0 Å². The Hall–Kier alpha value is -3.90. The number of carbonyl (C=O) groups is 1. The summed E-state index contributed by atoms with van der Waals surface area (Å²) in [4.78, 5) is 12.3. The molecule has 3 rings (SSSR count). The summed E-state index contributed by atoms with van der Waals surface area (Å²) in [6.07, 6.45) is 7.00. The van der Waals surface area contributed by atoms with E-state index in [4.69, 9.17) is 30.5 Å². The number of carbonyl (C=O) groups excluding carboxylic acids is 1. The highest BCUT2D eigenvalue weighted by atomic mass is 35.5. The number of anilines is 1. The summed E-state index contributed by atoms with van der Waals surface area (Å²) in [5, 5.41) is 3.49. The molecular weight excluding hydrogens is 454 g/mol. The van der Waals surface area contributed by atoms with Crippen molar-refractivity contribution in [2.75, 3.05) is 33.8 Å². The molecular formula is C27H26ClNO5. The summed E-state index contributed by atoms with van der Waals surface area (Å²) in [7, 11) is 6.28. The molecule has 0 saturated heterocycles. The molecule has 6 nitrogen and oxygen atoms in total. The number of rotatable bonds is 10. The van der Waals surface area contributed by atoms with E-state index in [0.29, 0.717) is 33.6 Å². The van der Waals surface area contributed by atoms with Gasteiger partial charge in [0, 0.05) is 23.5 Å². The minimum Gasteiger partial charge on any atom is -0.495 e. The Morgan fingerprint density at radius 1 is 0.765 bits per heavy atom. The molecule has 0 unspecified atom stereocenters. The van der Waals surface area contributed by atoms with E-state index in [1.54, 1.807) is 45.7 Å². The fourth-order valence-corrected chi connectivity index (χ4v) is 3.47. The molecule has 0 spiro atoms. The Morgan fingerprint density at radius 2 is 1.38 bits per heavy atom. The molecule has 0 amide bonds. The molecule has 0 atom stereocenters. The van der Waals surface area contributed by atoms with E-state index in [9.17, 15) is 4.79 Å². The van der Waals surface area contributed by atoms with Gasteiger partial charge in [-0.15, -0.1) is 0 Å². The van der Waals surface area contributed by atoms with Gasteiger partial charge in [-0.05, 0) is 53.6 Å². The highest BCUT2D eigenvalue weighted by Crippen LogP contribution is 2.38.